The summed E-state index contributed by atoms with van der Waals surface area (Å²) in [6.07, 6.45) is 12.7. The number of pyridine rings is 2. The van der Waals surface area contributed by atoms with Crippen LogP contribution < -0.4 is 16.4 Å². The van der Waals surface area contributed by atoms with Crippen LogP contribution in [0.2, 0.25) is 0 Å². The SMILES string of the molecule is Nc1cccc(C(CCNC(=O)c2cc(-c3cc(C(=O)NC(C(=O)O)C4CCCCC4)nc(C(=O)N4CCCC4CN4CCCC4)c3)cc(C(=O)N3CCCC3CN3CCCC3)n2)c2ccccc2)c1. The van der Waals surface area contributed by atoms with Gasteiger partial charge in [-0.15, -0.1) is 0 Å². The fraction of sp³-hybridized carbons (Fsp3) is 0.509. The summed E-state index contributed by atoms with van der Waals surface area (Å²) in [4.78, 5) is 89.0. The van der Waals surface area contributed by atoms with E-state index in [1.54, 1.807) is 18.2 Å². The molecule has 5 aliphatic rings. The molecular formula is C55H69N9O6. The lowest BCUT2D eigenvalue weighted by Crippen LogP contribution is -2.47. The molecule has 15 nitrogen and oxygen atoms in total. The topological polar surface area (TPSA) is 194 Å². The number of likely N-dealkylation sites (tertiary alicyclic amines) is 4. The molecule has 4 saturated heterocycles. The first-order chi connectivity index (χ1) is 34.1. The lowest BCUT2D eigenvalue weighted by atomic mass is 9.84. The summed E-state index contributed by atoms with van der Waals surface area (Å²) in [5.41, 5.74) is 9.78. The predicted molar refractivity (Wildman–Crippen MR) is 268 cm³/mol. The van der Waals surface area contributed by atoms with Crippen LogP contribution >= 0.6 is 0 Å². The lowest BCUT2D eigenvalue weighted by molar-refractivity contribution is -0.141. The van der Waals surface area contributed by atoms with Crippen molar-refractivity contribution in [3.05, 3.63) is 113 Å². The van der Waals surface area contributed by atoms with Crippen molar-refractivity contribution in [3.63, 3.8) is 0 Å². The molecule has 5 N–H and O–H groups in total. The first kappa shape index (κ1) is 48.8. The van der Waals surface area contributed by atoms with Crippen molar-refractivity contribution in [2.45, 2.75) is 114 Å². The molecule has 2 aromatic heterocycles. The summed E-state index contributed by atoms with van der Waals surface area (Å²) in [5, 5.41) is 16.2. The zero-order chi connectivity index (χ0) is 48.6. The minimum Gasteiger partial charge on any atom is -0.480 e. The van der Waals surface area contributed by atoms with Crippen LogP contribution in [-0.2, 0) is 4.79 Å². The Bertz CT molecular complexity index is 2500. The highest BCUT2D eigenvalue weighted by atomic mass is 16.4. The summed E-state index contributed by atoms with van der Waals surface area (Å²) in [7, 11) is 0. The number of amides is 4. The van der Waals surface area contributed by atoms with Crippen molar-refractivity contribution in [1.82, 2.24) is 40.2 Å². The number of carboxylic acids is 1. The number of anilines is 1. The van der Waals surface area contributed by atoms with E-state index in [9.17, 15) is 29.1 Å². The van der Waals surface area contributed by atoms with E-state index in [4.69, 9.17) is 10.7 Å². The molecule has 1 aliphatic carbocycles. The summed E-state index contributed by atoms with van der Waals surface area (Å²) >= 11 is 0. The number of aliphatic carboxylic acids is 1. The molecule has 4 atom stereocenters. The Hall–Kier alpha value is -6.19. The van der Waals surface area contributed by atoms with Gasteiger partial charge < -0.3 is 41.1 Å². The number of nitrogens with one attached hydrogen (secondary N) is 2. The van der Waals surface area contributed by atoms with Crippen LogP contribution in [0.1, 0.15) is 149 Å². The van der Waals surface area contributed by atoms with Crippen molar-refractivity contribution < 1.29 is 29.1 Å². The minimum atomic E-state index is -1.13. The largest absolute Gasteiger partial charge is 0.480 e. The molecule has 4 aliphatic heterocycles. The lowest BCUT2D eigenvalue weighted by Gasteiger charge is -2.29. The van der Waals surface area contributed by atoms with Crippen LogP contribution in [0.5, 0.6) is 0 Å². The fourth-order valence-corrected chi connectivity index (χ4v) is 11.7. The van der Waals surface area contributed by atoms with Crippen LogP contribution in [0.4, 0.5) is 5.69 Å². The number of carbonyl (C=O) groups excluding carboxylic acids is 4. The monoisotopic (exact) mass is 952 g/mol. The number of benzene rings is 2. The first-order valence-electron chi connectivity index (χ1n) is 25.9. The highest BCUT2D eigenvalue weighted by Gasteiger charge is 2.36. The van der Waals surface area contributed by atoms with Crippen LogP contribution in [0.25, 0.3) is 11.1 Å². The molecule has 0 radical (unpaired) electrons. The zero-order valence-electron chi connectivity index (χ0n) is 40.4. The number of rotatable bonds is 17. The third-order valence-corrected chi connectivity index (χ3v) is 15.4. The Balaban J connectivity index is 1.07. The number of nitrogen functional groups attached to an aromatic ring is 1. The molecule has 2 aromatic carbocycles. The highest BCUT2D eigenvalue weighted by Crippen LogP contribution is 2.32. The van der Waals surface area contributed by atoms with E-state index in [1.165, 1.54) is 6.07 Å². The van der Waals surface area contributed by atoms with E-state index in [2.05, 4.69) is 37.6 Å². The van der Waals surface area contributed by atoms with Crippen molar-refractivity contribution >= 4 is 35.3 Å². The van der Waals surface area contributed by atoms with Gasteiger partial charge in [0.25, 0.3) is 23.6 Å². The highest BCUT2D eigenvalue weighted by molar-refractivity contribution is 6.01. The van der Waals surface area contributed by atoms with Gasteiger partial charge in [-0.1, -0.05) is 61.7 Å². The van der Waals surface area contributed by atoms with E-state index in [0.717, 1.165) is 121 Å². The zero-order valence-corrected chi connectivity index (χ0v) is 40.4. The number of hydrogen-bond donors (Lipinski definition) is 4. The standard InChI is InChI=1S/C55H69N9O6/c56-42-19-11-18-39(30-42)45(37-14-3-1-4-15-37)22-23-57-51(65)46-31-40(33-48(58-46)53(67)63-28-12-20-43(63)35-61-24-7-8-25-61)41-32-47(52(66)60-50(55(69)70)38-16-5-2-6-17-38)59-49(34-41)54(68)64-29-13-21-44(64)36-62-26-9-10-27-62/h1,3-4,11,14-15,18-19,30-34,38,43-45,50H,2,5-10,12-13,16-17,20-29,35-36,56H2,(H,57,65)(H,60,66)(H,69,70). The van der Waals surface area contributed by atoms with Gasteiger partial charge in [0, 0.05) is 56.4 Å². The molecule has 1 saturated carbocycles. The van der Waals surface area contributed by atoms with Gasteiger partial charge in [0.1, 0.15) is 28.8 Å². The van der Waals surface area contributed by atoms with Gasteiger partial charge in [-0.05, 0) is 161 Å². The molecule has 370 valence electrons. The number of carbonyl (C=O) groups is 5. The minimum absolute atomic E-state index is 0.00367. The molecule has 6 heterocycles. The van der Waals surface area contributed by atoms with Gasteiger partial charge in [-0.25, -0.2) is 14.8 Å². The van der Waals surface area contributed by atoms with Crippen molar-refractivity contribution in [1.29, 1.82) is 0 Å². The average Bonchev–Trinajstić information content (AvgIpc) is 4.25. The van der Waals surface area contributed by atoms with Crippen LogP contribution in [0.15, 0.2) is 78.9 Å². The van der Waals surface area contributed by atoms with E-state index in [0.29, 0.717) is 49.2 Å². The Labute approximate surface area is 411 Å². The fourth-order valence-electron chi connectivity index (χ4n) is 11.7. The Morgan fingerprint density at radius 2 is 1.11 bits per heavy atom. The third-order valence-electron chi connectivity index (χ3n) is 15.4. The molecule has 4 unspecified atom stereocenters. The summed E-state index contributed by atoms with van der Waals surface area (Å²) < 4.78 is 0. The number of hydrogen-bond acceptors (Lipinski definition) is 10. The smallest absolute Gasteiger partial charge is 0.326 e. The Kier molecular flexibility index (Phi) is 15.8. The molecule has 5 fully saturated rings. The van der Waals surface area contributed by atoms with E-state index in [-0.39, 0.29) is 65.1 Å². The number of nitrogens with two attached hydrogens (primary N) is 1. The molecule has 70 heavy (non-hydrogen) atoms. The maximum Gasteiger partial charge on any atom is 0.326 e. The number of carboxylic acid groups (broad SMARTS) is 1. The molecule has 4 amide bonds. The van der Waals surface area contributed by atoms with Crippen LogP contribution in [0, 0.1) is 5.92 Å². The first-order valence-corrected chi connectivity index (χ1v) is 25.9. The molecule has 9 rings (SSSR count). The average molecular weight is 952 g/mol. The van der Waals surface area contributed by atoms with Crippen molar-refractivity contribution in [2.75, 3.05) is 64.6 Å². The second kappa shape index (κ2) is 22.7. The van der Waals surface area contributed by atoms with Crippen molar-refractivity contribution in [2.24, 2.45) is 5.92 Å². The second-order valence-electron chi connectivity index (χ2n) is 20.2. The van der Waals surface area contributed by atoms with Gasteiger partial charge in [0.2, 0.25) is 0 Å². The van der Waals surface area contributed by atoms with E-state index in [1.807, 2.05) is 52.3 Å². The van der Waals surface area contributed by atoms with Gasteiger partial charge >= 0.3 is 5.97 Å². The van der Waals surface area contributed by atoms with E-state index >= 15 is 0 Å². The van der Waals surface area contributed by atoms with Crippen LogP contribution in [-0.4, -0.2) is 141 Å². The maximum absolute atomic E-state index is 14.8. The normalized spacial score (nSPS) is 20.9. The van der Waals surface area contributed by atoms with Crippen LogP contribution in [0.3, 0.4) is 0 Å². The third kappa shape index (κ3) is 11.7. The molecule has 0 spiro atoms. The number of nitrogens with zero attached hydrogens (tertiary/aromatic N) is 6. The van der Waals surface area contributed by atoms with Gasteiger partial charge in [0.05, 0.1) is 0 Å². The summed E-state index contributed by atoms with van der Waals surface area (Å²) in [6, 6.07) is 23.1. The van der Waals surface area contributed by atoms with Gasteiger partial charge in [0.15, 0.2) is 0 Å². The quantitative estimate of drug-likeness (QED) is 0.0810. The molecule has 15 heteroatoms. The number of aromatic nitrogens is 2. The summed E-state index contributed by atoms with van der Waals surface area (Å²) in [6.45, 7) is 6.92. The molecule has 0 bridgehead atoms. The van der Waals surface area contributed by atoms with Crippen molar-refractivity contribution in [3.8, 4) is 11.1 Å². The van der Waals surface area contributed by atoms with Gasteiger partial charge in [-0.2, -0.15) is 0 Å². The van der Waals surface area contributed by atoms with Gasteiger partial charge in [-0.3, -0.25) is 19.2 Å². The van der Waals surface area contributed by atoms with E-state index < -0.39 is 23.8 Å². The maximum atomic E-state index is 14.8. The Morgan fingerprint density at radius 1 is 0.586 bits per heavy atom. The predicted octanol–water partition coefficient (Wildman–Crippen LogP) is 6.84. The summed E-state index contributed by atoms with van der Waals surface area (Å²) in [5.74, 6) is -3.21. The molecular weight excluding hydrogens is 883 g/mol. The second-order valence-corrected chi connectivity index (χ2v) is 20.2. The molecule has 4 aromatic rings. The Morgan fingerprint density at radius 3 is 1.66 bits per heavy atom.